The van der Waals surface area contributed by atoms with Gasteiger partial charge in [-0.25, -0.2) is 15.0 Å². The highest BCUT2D eigenvalue weighted by Crippen LogP contribution is 2.23. The van der Waals surface area contributed by atoms with E-state index in [4.69, 9.17) is 5.73 Å². The molecule has 0 spiro atoms. The fraction of sp³-hybridized carbons (Fsp3) is 0.357. The number of urea groups is 2. The van der Waals surface area contributed by atoms with E-state index < -0.39 is 23.5 Å². The molecule has 0 aromatic heterocycles. The summed E-state index contributed by atoms with van der Waals surface area (Å²) in [5, 5.41) is 5.83. The molecule has 1 aliphatic heterocycles. The molecule has 0 radical (unpaired) electrons. The Bertz CT molecular complexity index is 577. The minimum atomic E-state index is -1.05. The molecule has 0 saturated carbocycles. The van der Waals surface area contributed by atoms with Crippen LogP contribution in [0.4, 0.5) is 15.3 Å². The molecule has 8 nitrogen and oxygen atoms in total. The molecule has 22 heavy (non-hydrogen) atoms. The number of anilines is 1. The Labute approximate surface area is 128 Å². The minimum Gasteiger partial charge on any atom is -0.330 e. The van der Waals surface area contributed by atoms with Crippen LogP contribution < -0.4 is 21.8 Å². The lowest BCUT2D eigenvalue weighted by Crippen LogP contribution is -2.51. The smallest absolute Gasteiger partial charge is 0.330 e. The molecule has 1 unspecified atom stereocenters. The number of hydrogen-bond donors (Lipinski definition) is 4. The molecule has 0 bridgehead atoms. The second kappa shape index (κ2) is 6.44. The van der Waals surface area contributed by atoms with Gasteiger partial charge < -0.3 is 16.4 Å². The maximum absolute atomic E-state index is 12.4. The van der Waals surface area contributed by atoms with Crippen LogP contribution in [0.15, 0.2) is 30.3 Å². The maximum Gasteiger partial charge on any atom is 0.344 e. The van der Waals surface area contributed by atoms with Crippen molar-refractivity contribution in [1.29, 1.82) is 0 Å². The summed E-state index contributed by atoms with van der Waals surface area (Å²) in [5.41, 5.74) is 7.26. The van der Waals surface area contributed by atoms with E-state index in [2.05, 4.69) is 16.1 Å². The molecule has 118 valence electrons. The van der Waals surface area contributed by atoms with Gasteiger partial charge in [-0.15, -0.1) is 0 Å². The van der Waals surface area contributed by atoms with Gasteiger partial charge in [0.05, 0.1) is 0 Å². The van der Waals surface area contributed by atoms with E-state index in [1.807, 2.05) is 6.07 Å². The minimum absolute atomic E-state index is 0.254. The molecule has 0 aliphatic carbocycles. The summed E-state index contributed by atoms with van der Waals surface area (Å²) >= 11 is 0. The fourth-order valence-electron chi connectivity index (χ4n) is 2.34. The number of para-hydroxylation sites is 1. The van der Waals surface area contributed by atoms with Crippen molar-refractivity contribution in [2.75, 3.05) is 11.9 Å². The van der Waals surface area contributed by atoms with Crippen molar-refractivity contribution in [3.63, 3.8) is 0 Å². The van der Waals surface area contributed by atoms with E-state index >= 15 is 0 Å². The van der Waals surface area contributed by atoms with Crippen LogP contribution in [-0.4, -0.2) is 35.1 Å². The summed E-state index contributed by atoms with van der Waals surface area (Å²) in [5.74, 6) is -0.506. The van der Waals surface area contributed by atoms with Gasteiger partial charge in [-0.2, -0.15) is 5.01 Å². The van der Waals surface area contributed by atoms with E-state index in [-0.39, 0.29) is 6.54 Å². The molecule has 1 aliphatic rings. The van der Waals surface area contributed by atoms with Crippen molar-refractivity contribution in [1.82, 2.24) is 15.8 Å². The molecular formula is C14H19N5O3. The highest BCUT2D eigenvalue weighted by atomic mass is 16.2. The number of nitrogens with zero attached hydrogens (tertiary/aromatic N) is 1. The van der Waals surface area contributed by atoms with Gasteiger partial charge in [0.25, 0.3) is 5.91 Å². The topological polar surface area (TPSA) is 117 Å². The predicted molar refractivity (Wildman–Crippen MR) is 80.7 cm³/mol. The standard InChI is InChI=1S/C14H19N5O3/c1-2-14(8-9-15)11(20)19(13(22)17-14)18-12(21)16-10-6-4-3-5-7-10/h3-7H,2,8-9,15H2,1H3,(H,17,22)(H2,16,18,21). The van der Waals surface area contributed by atoms with E-state index in [1.165, 1.54) is 0 Å². The van der Waals surface area contributed by atoms with Crippen LogP contribution in [0.2, 0.25) is 0 Å². The molecule has 5 amide bonds. The summed E-state index contributed by atoms with van der Waals surface area (Å²) in [7, 11) is 0. The molecule has 1 atom stereocenters. The second-order valence-electron chi connectivity index (χ2n) is 4.98. The molecule has 1 heterocycles. The normalized spacial score (nSPS) is 20.7. The van der Waals surface area contributed by atoms with Crippen LogP contribution in [0.3, 0.4) is 0 Å². The van der Waals surface area contributed by atoms with Gasteiger partial charge in [0.2, 0.25) is 0 Å². The molecule has 2 rings (SSSR count). The maximum atomic E-state index is 12.4. The first-order valence-electron chi connectivity index (χ1n) is 7.02. The van der Waals surface area contributed by atoms with Crippen LogP contribution in [0.25, 0.3) is 0 Å². The number of hydrazine groups is 1. The van der Waals surface area contributed by atoms with Gasteiger partial charge in [-0.05, 0) is 31.5 Å². The third-order valence-corrected chi connectivity index (χ3v) is 3.58. The van der Waals surface area contributed by atoms with E-state index in [1.54, 1.807) is 31.2 Å². The monoisotopic (exact) mass is 305 g/mol. The Morgan fingerprint density at radius 3 is 2.59 bits per heavy atom. The largest absolute Gasteiger partial charge is 0.344 e. The Balaban J connectivity index is 2.05. The molecule has 1 aromatic carbocycles. The van der Waals surface area contributed by atoms with Crippen LogP contribution in [0.1, 0.15) is 19.8 Å². The lowest BCUT2D eigenvalue weighted by atomic mass is 9.92. The number of hydrogen-bond acceptors (Lipinski definition) is 4. The van der Waals surface area contributed by atoms with Gasteiger partial charge in [0.15, 0.2) is 0 Å². The lowest BCUT2D eigenvalue weighted by molar-refractivity contribution is -0.133. The lowest BCUT2D eigenvalue weighted by Gasteiger charge is -2.24. The highest BCUT2D eigenvalue weighted by Gasteiger charge is 2.50. The predicted octanol–water partition coefficient (Wildman–Crippen LogP) is 0.772. The average Bonchev–Trinajstić information content (AvgIpc) is 2.73. The number of benzene rings is 1. The van der Waals surface area contributed by atoms with Crippen molar-refractivity contribution in [2.24, 2.45) is 5.73 Å². The summed E-state index contributed by atoms with van der Waals surface area (Å²) in [4.78, 5) is 36.2. The van der Waals surface area contributed by atoms with Crippen molar-refractivity contribution in [3.05, 3.63) is 30.3 Å². The van der Waals surface area contributed by atoms with Crippen molar-refractivity contribution in [2.45, 2.75) is 25.3 Å². The van der Waals surface area contributed by atoms with Crippen LogP contribution in [-0.2, 0) is 4.79 Å². The summed E-state index contributed by atoms with van der Waals surface area (Å²) in [6.07, 6.45) is 0.708. The SMILES string of the molecule is CCC1(CCN)NC(=O)N(NC(=O)Nc2ccccc2)C1=O. The first-order valence-corrected chi connectivity index (χ1v) is 7.02. The summed E-state index contributed by atoms with van der Waals surface area (Å²) in [6, 6.07) is 7.37. The van der Waals surface area contributed by atoms with Crippen molar-refractivity contribution in [3.8, 4) is 0 Å². The average molecular weight is 305 g/mol. The fourth-order valence-corrected chi connectivity index (χ4v) is 2.34. The number of rotatable bonds is 5. The van der Waals surface area contributed by atoms with Crippen LogP contribution in [0.5, 0.6) is 0 Å². The highest BCUT2D eigenvalue weighted by molar-refractivity contribution is 6.08. The molecule has 8 heteroatoms. The number of nitrogens with one attached hydrogen (secondary N) is 3. The zero-order valence-electron chi connectivity index (χ0n) is 12.3. The Morgan fingerprint density at radius 2 is 2.00 bits per heavy atom. The Kier molecular flexibility index (Phi) is 4.62. The molecule has 1 aromatic rings. The summed E-state index contributed by atoms with van der Waals surface area (Å²) in [6.45, 7) is 2.03. The molecule has 1 saturated heterocycles. The van der Waals surface area contributed by atoms with Gasteiger partial charge in [-0.3, -0.25) is 4.79 Å². The van der Waals surface area contributed by atoms with E-state index in [0.29, 0.717) is 23.5 Å². The quantitative estimate of drug-likeness (QED) is 0.601. The third-order valence-electron chi connectivity index (χ3n) is 3.58. The number of nitrogens with two attached hydrogens (primary N) is 1. The van der Waals surface area contributed by atoms with Gasteiger partial charge in [0.1, 0.15) is 5.54 Å². The number of amides is 5. The molecule has 1 fully saturated rings. The summed E-state index contributed by atoms with van der Waals surface area (Å²) < 4.78 is 0. The van der Waals surface area contributed by atoms with Gasteiger partial charge in [-0.1, -0.05) is 25.1 Å². The van der Waals surface area contributed by atoms with E-state index in [9.17, 15) is 14.4 Å². The van der Waals surface area contributed by atoms with E-state index in [0.717, 1.165) is 0 Å². The Morgan fingerprint density at radius 1 is 1.32 bits per heavy atom. The first kappa shape index (κ1) is 15.8. The Hall–Kier alpha value is -2.61. The van der Waals surface area contributed by atoms with Crippen LogP contribution >= 0.6 is 0 Å². The number of imide groups is 1. The first-order chi connectivity index (χ1) is 10.5. The van der Waals surface area contributed by atoms with Gasteiger partial charge in [0, 0.05) is 5.69 Å². The van der Waals surface area contributed by atoms with Crippen molar-refractivity contribution >= 4 is 23.7 Å². The zero-order valence-corrected chi connectivity index (χ0v) is 12.3. The number of carbonyl (C=O) groups excluding carboxylic acids is 3. The number of carbonyl (C=O) groups is 3. The van der Waals surface area contributed by atoms with Crippen LogP contribution in [0, 0.1) is 0 Å². The van der Waals surface area contributed by atoms with Gasteiger partial charge >= 0.3 is 12.1 Å². The molecular weight excluding hydrogens is 286 g/mol. The zero-order chi connectivity index (χ0) is 16.2. The molecule has 5 N–H and O–H groups in total. The second-order valence-corrected chi connectivity index (χ2v) is 4.98. The third kappa shape index (κ3) is 3.01. The van der Waals surface area contributed by atoms with Crippen molar-refractivity contribution < 1.29 is 14.4 Å².